The Bertz CT molecular complexity index is 987. The number of fused-ring (bicyclic) bond motifs is 1. The molecular formula is C17H16N6O2. The average molecular weight is 336 g/mol. The molecule has 0 unspecified atom stereocenters. The highest BCUT2D eigenvalue weighted by atomic mass is 16.5. The molecule has 0 radical (unpaired) electrons. The number of rotatable bonds is 5. The number of ether oxygens (including phenoxy) is 2. The molecule has 0 saturated carbocycles. The van der Waals surface area contributed by atoms with Crippen LogP contribution in [0.25, 0.3) is 17.0 Å². The van der Waals surface area contributed by atoms with E-state index in [0.29, 0.717) is 23.6 Å². The first-order valence-electron chi connectivity index (χ1n) is 7.69. The van der Waals surface area contributed by atoms with E-state index in [-0.39, 0.29) is 0 Å². The van der Waals surface area contributed by atoms with Crippen LogP contribution in [-0.4, -0.2) is 44.0 Å². The van der Waals surface area contributed by atoms with E-state index in [9.17, 15) is 0 Å². The molecule has 0 aliphatic carbocycles. The number of nitrogens with one attached hydrogen (secondary N) is 1. The standard InChI is InChI=1S/C17H16N6O2/c1-24-12-7-11(8-13(10-12)25-2)9-15-20-17-16(14-3-4-19-21-14)18-5-6-23(17)22-15/h3-8,10H,9H2,1-2H3,(H,19,21). The van der Waals surface area contributed by atoms with Crippen LogP contribution in [0.1, 0.15) is 11.4 Å². The maximum atomic E-state index is 5.31. The molecule has 8 heteroatoms. The van der Waals surface area contributed by atoms with Crippen molar-refractivity contribution in [3.8, 4) is 22.9 Å². The van der Waals surface area contributed by atoms with Crippen molar-refractivity contribution in [1.82, 2.24) is 29.8 Å². The largest absolute Gasteiger partial charge is 0.497 e. The molecule has 0 fully saturated rings. The van der Waals surface area contributed by atoms with Crippen molar-refractivity contribution in [2.45, 2.75) is 6.42 Å². The van der Waals surface area contributed by atoms with Gasteiger partial charge in [0.15, 0.2) is 11.5 Å². The van der Waals surface area contributed by atoms with Crippen molar-refractivity contribution in [2.75, 3.05) is 14.2 Å². The molecule has 0 aliphatic heterocycles. The average Bonchev–Trinajstić information content (AvgIpc) is 3.30. The number of hydrogen-bond acceptors (Lipinski definition) is 6. The first kappa shape index (κ1) is 15.1. The summed E-state index contributed by atoms with van der Waals surface area (Å²) in [4.78, 5) is 9.02. The third kappa shape index (κ3) is 2.89. The molecular weight excluding hydrogens is 320 g/mol. The van der Waals surface area contributed by atoms with Gasteiger partial charge in [-0.2, -0.15) is 10.2 Å². The van der Waals surface area contributed by atoms with Crippen LogP contribution >= 0.6 is 0 Å². The van der Waals surface area contributed by atoms with Gasteiger partial charge in [-0.25, -0.2) is 14.5 Å². The predicted molar refractivity (Wildman–Crippen MR) is 90.7 cm³/mol. The summed E-state index contributed by atoms with van der Waals surface area (Å²) in [6, 6.07) is 7.58. The Morgan fingerprint density at radius 2 is 1.88 bits per heavy atom. The topological polar surface area (TPSA) is 90.2 Å². The van der Waals surface area contributed by atoms with Crippen LogP contribution in [0.4, 0.5) is 0 Å². The van der Waals surface area contributed by atoms with E-state index < -0.39 is 0 Å². The van der Waals surface area contributed by atoms with Crippen molar-refractivity contribution < 1.29 is 9.47 Å². The quantitative estimate of drug-likeness (QED) is 0.600. The van der Waals surface area contributed by atoms with Crippen molar-refractivity contribution in [3.63, 3.8) is 0 Å². The number of aromatic amines is 1. The molecule has 0 saturated heterocycles. The highest BCUT2D eigenvalue weighted by molar-refractivity contribution is 5.70. The van der Waals surface area contributed by atoms with E-state index in [2.05, 4.69) is 25.3 Å². The van der Waals surface area contributed by atoms with Gasteiger partial charge in [-0.3, -0.25) is 5.10 Å². The number of benzene rings is 1. The molecule has 1 aromatic carbocycles. The SMILES string of the molecule is COc1cc(Cc2nc3c(-c4ccn[nH]4)nccn3n2)cc(OC)c1. The van der Waals surface area contributed by atoms with Crippen molar-refractivity contribution in [3.05, 3.63) is 54.2 Å². The summed E-state index contributed by atoms with van der Waals surface area (Å²) in [5.41, 5.74) is 3.19. The minimum absolute atomic E-state index is 0.553. The Labute approximate surface area is 143 Å². The fraction of sp³-hybridized carbons (Fsp3) is 0.176. The van der Waals surface area contributed by atoms with Gasteiger partial charge in [0.25, 0.3) is 0 Å². The zero-order valence-electron chi connectivity index (χ0n) is 13.8. The molecule has 0 atom stereocenters. The van der Waals surface area contributed by atoms with Gasteiger partial charge in [-0.1, -0.05) is 0 Å². The Kier molecular flexibility index (Phi) is 3.77. The fourth-order valence-corrected chi connectivity index (χ4v) is 2.67. The number of hydrogen-bond donors (Lipinski definition) is 1. The van der Waals surface area contributed by atoms with Crippen molar-refractivity contribution in [2.24, 2.45) is 0 Å². The van der Waals surface area contributed by atoms with Crippen LogP contribution in [-0.2, 0) is 6.42 Å². The number of methoxy groups -OCH3 is 2. The molecule has 8 nitrogen and oxygen atoms in total. The van der Waals surface area contributed by atoms with Gasteiger partial charge < -0.3 is 9.47 Å². The Morgan fingerprint density at radius 1 is 1.08 bits per heavy atom. The molecule has 0 spiro atoms. The molecule has 4 rings (SSSR count). The molecule has 0 amide bonds. The second kappa shape index (κ2) is 6.23. The Hall–Kier alpha value is -3.42. The Balaban J connectivity index is 1.72. The van der Waals surface area contributed by atoms with Crippen molar-refractivity contribution in [1.29, 1.82) is 0 Å². The van der Waals surface area contributed by atoms with Gasteiger partial charge in [0.2, 0.25) is 0 Å². The molecule has 0 bridgehead atoms. The highest BCUT2D eigenvalue weighted by Gasteiger charge is 2.13. The van der Waals surface area contributed by atoms with Gasteiger partial charge in [-0.05, 0) is 23.8 Å². The third-order valence-electron chi connectivity index (χ3n) is 3.83. The van der Waals surface area contributed by atoms with Gasteiger partial charge in [-0.15, -0.1) is 0 Å². The molecule has 126 valence electrons. The molecule has 3 aromatic heterocycles. The summed E-state index contributed by atoms with van der Waals surface area (Å²) in [7, 11) is 3.26. The van der Waals surface area contributed by atoms with Crippen LogP contribution < -0.4 is 9.47 Å². The number of nitrogens with zero attached hydrogens (tertiary/aromatic N) is 5. The summed E-state index contributed by atoms with van der Waals surface area (Å²) >= 11 is 0. The lowest BCUT2D eigenvalue weighted by Gasteiger charge is -2.07. The molecule has 3 heterocycles. The van der Waals surface area contributed by atoms with Gasteiger partial charge in [0.1, 0.15) is 17.2 Å². The van der Waals surface area contributed by atoms with Crippen LogP contribution in [0.5, 0.6) is 11.5 Å². The van der Waals surface area contributed by atoms with Crippen molar-refractivity contribution >= 4 is 5.65 Å². The molecule has 1 N–H and O–H groups in total. The van der Waals surface area contributed by atoms with Gasteiger partial charge in [0.05, 0.1) is 19.9 Å². The fourth-order valence-electron chi connectivity index (χ4n) is 2.67. The van der Waals surface area contributed by atoms with Gasteiger partial charge >= 0.3 is 0 Å². The second-order valence-corrected chi connectivity index (χ2v) is 5.44. The zero-order valence-corrected chi connectivity index (χ0v) is 13.8. The minimum atomic E-state index is 0.553. The lowest BCUT2D eigenvalue weighted by Crippen LogP contribution is -1.95. The first-order chi connectivity index (χ1) is 12.3. The lowest BCUT2D eigenvalue weighted by molar-refractivity contribution is 0.393. The van der Waals surface area contributed by atoms with Crippen LogP contribution in [0, 0.1) is 0 Å². The van der Waals surface area contributed by atoms with E-state index >= 15 is 0 Å². The number of H-pyrrole nitrogens is 1. The predicted octanol–water partition coefficient (Wildman–Crippen LogP) is 2.12. The second-order valence-electron chi connectivity index (χ2n) is 5.44. The summed E-state index contributed by atoms with van der Waals surface area (Å²) in [6.45, 7) is 0. The maximum absolute atomic E-state index is 5.31. The summed E-state index contributed by atoms with van der Waals surface area (Å²) in [5.74, 6) is 2.15. The van der Waals surface area contributed by atoms with Crippen LogP contribution in [0.3, 0.4) is 0 Å². The lowest BCUT2D eigenvalue weighted by atomic mass is 10.1. The smallest absolute Gasteiger partial charge is 0.183 e. The maximum Gasteiger partial charge on any atom is 0.183 e. The minimum Gasteiger partial charge on any atom is -0.497 e. The molecule has 4 aromatic rings. The summed E-state index contributed by atoms with van der Waals surface area (Å²) in [5, 5.41) is 11.4. The normalized spacial score (nSPS) is 11.0. The van der Waals surface area contributed by atoms with E-state index in [4.69, 9.17) is 9.47 Å². The van der Waals surface area contributed by atoms with E-state index in [1.165, 1.54) is 0 Å². The van der Waals surface area contributed by atoms with Crippen LogP contribution in [0.15, 0.2) is 42.9 Å². The third-order valence-corrected chi connectivity index (χ3v) is 3.83. The molecule has 25 heavy (non-hydrogen) atoms. The van der Waals surface area contributed by atoms with Gasteiger partial charge in [0, 0.05) is 31.1 Å². The first-order valence-corrected chi connectivity index (χ1v) is 7.69. The monoisotopic (exact) mass is 336 g/mol. The number of aromatic nitrogens is 6. The highest BCUT2D eigenvalue weighted by Crippen LogP contribution is 2.24. The Morgan fingerprint density at radius 3 is 2.56 bits per heavy atom. The molecule has 0 aliphatic rings. The van der Waals surface area contributed by atoms with Crippen LogP contribution in [0.2, 0.25) is 0 Å². The summed E-state index contributed by atoms with van der Waals surface area (Å²) in [6.07, 6.45) is 5.70. The van der Waals surface area contributed by atoms with E-state index in [0.717, 1.165) is 22.8 Å². The van der Waals surface area contributed by atoms with E-state index in [1.807, 2.05) is 24.3 Å². The van der Waals surface area contributed by atoms with E-state index in [1.54, 1.807) is 37.3 Å². The summed E-state index contributed by atoms with van der Waals surface area (Å²) < 4.78 is 12.3. The zero-order chi connectivity index (χ0) is 17.2.